The molecule has 0 unspecified atom stereocenters. The lowest BCUT2D eigenvalue weighted by atomic mass is 9.83. The van der Waals surface area contributed by atoms with Crippen LogP contribution in [-0.2, 0) is 19.3 Å². The maximum absolute atomic E-state index is 2.53. The number of fused-ring (bicyclic) bond motifs is 5. The van der Waals surface area contributed by atoms with Crippen molar-refractivity contribution in [3.05, 3.63) is 162 Å². The molecule has 10 rings (SSSR count). The highest BCUT2D eigenvalue weighted by atomic mass is 14.3. The number of allylic oxidation sites excluding steroid dienone is 1. The lowest BCUT2D eigenvalue weighted by Gasteiger charge is -2.21. The van der Waals surface area contributed by atoms with E-state index in [-0.39, 0.29) is 0 Å². The molecule has 0 aromatic heterocycles. The van der Waals surface area contributed by atoms with Crippen molar-refractivity contribution in [2.45, 2.75) is 39.5 Å². The zero-order valence-corrected chi connectivity index (χ0v) is 27.7. The summed E-state index contributed by atoms with van der Waals surface area (Å²) in [7, 11) is 0. The summed E-state index contributed by atoms with van der Waals surface area (Å²) in [6.07, 6.45) is 9.19. The number of hydrogen-bond acceptors (Lipinski definition) is 0. The zero-order valence-electron chi connectivity index (χ0n) is 27.7. The molecule has 48 heavy (non-hydrogen) atoms. The van der Waals surface area contributed by atoms with Gasteiger partial charge in [-0.25, -0.2) is 0 Å². The molecule has 0 bridgehead atoms. The third-order valence-electron chi connectivity index (χ3n) is 10.5. The summed E-state index contributed by atoms with van der Waals surface area (Å²) in [6, 6.07) is 50.3. The fraction of sp³-hybridized carbons (Fsp3) is 0.125. The Kier molecular flexibility index (Phi) is 6.98. The van der Waals surface area contributed by atoms with Crippen molar-refractivity contribution < 1.29 is 0 Å². The Balaban J connectivity index is 0.00000154. The number of hydrogen-bond donors (Lipinski definition) is 0. The van der Waals surface area contributed by atoms with Gasteiger partial charge in [0.05, 0.1) is 0 Å². The largest absolute Gasteiger partial charge is 0.0836 e. The van der Waals surface area contributed by atoms with Crippen molar-refractivity contribution in [2.75, 3.05) is 0 Å². The lowest BCUT2D eigenvalue weighted by molar-refractivity contribution is 0.991. The van der Waals surface area contributed by atoms with Crippen LogP contribution in [0.4, 0.5) is 0 Å². The van der Waals surface area contributed by atoms with Gasteiger partial charge in [-0.1, -0.05) is 123 Å². The van der Waals surface area contributed by atoms with Gasteiger partial charge in [-0.05, 0) is 161 Å². The van der Waals surface area contributed by atoms with E-state index in [0.29, 0.717) is 0 Å². The minimum Gasteiger partial charge on any atom is -0.0836 e. The molecule has 0 heterocycles. The maximum atomic E-state index is 2.53. The molecule has 0 fully saturated rings. The van der Waals surface area contributed by atoms with Crippen LogP contribution in [-0.4, -0.2) is 0 Å². The van der Waals surface area contributed by atoms with Crippen molar-refractivity contribution in [1.29, 1.82) is 0 Å². The highest BCUT2D eigenvalue weighted by Gasteiger charge is 2.22. The fourth-order valence-corrected chi connectivity index (χ4v) is 8.27. The first-order chi connectivity index (χ1) is 23.8. The molecule has 0 radical (unpaired) electrons. The molecule has 8 aromatic carbocycles. The van der Waals surface area contributed by atoms with Gasteiger partial charge in [-0.15, -0.1) is 0 Å². The van der Waals surface area contributed by atoms with E-state index in [4.69, 9.17) is 0 Å². The van der Waals surface area contributed by atoms with Gasteiger partial charge in [0.2, 0.25) is 0 Å². The van der Waals surface area contributed by atoms with Crippen molar-refractivity contribution in [3.8, 4) is 33.4 Å². The average Bonchev–Trinajstić information content (AvgIpc) is 3.58. The smallest absolute Gasteiger partial charge is 0.00667 e. The highest BCUT2D eigenvalue weighted by Crippen LogP contribution is 2.44. The van der Waals surface area contributed by atoms with Gasteiger partial charge in [0.15, 0.2) is 0 Å². The molecule has 0 aliphatic heterocycles. The van der Waals surface area contributed by atoms with Crippen LogP contribution in [0.2, 0.25) is 0 Å². The standard InChI is InChI=1S/C46H32.C2H6/c1-2-8-31-23-34(17-15-29(31)7-1)32-11-5-12-33(24-32)35-18-19-37-26-39(22-20-36(37)25-35)46-41-13-4-3-9-38(41)27-43-42-14-6-10-30-16-21-40(45(30)42)28-44(43)46;1-2/h1-3,5-12,14-15,17-20,22-28H,4,13,16,21H2;1-2H3. The summed E-state index contributed by atoms with van der Waals surface area (Å²) in [5.41, 5.74) is 13.7. The van der Waals surface area contributed by atoms with Gasteiger partial charge in [-0.2, -0.15) is 0 Å². The lowest BCUT2D eigenvalue weighted by Crippen LogP contribution is -2.00. The second kappa shape index (κ2) is 11.7. The molecule has 0 saturated heterocycles. The van der Waals surface area contributed by atoms with Gasteiger partial charge in [0.1, 0.15) is 0 Å². The molecule has 0 atom stereocenters. The van der Waals surface area contributed by atoms with Crippen LogP contribution in [0, 0.1) is 0 Å². The Hall–Kier alpha value is -5.46. The topological polar surface area (TPSA) is 0 Å². The van der Waals surface area contributed by atoms with Crippen molar-refractivity contribution in [1.82, 2.24) is 0 Å². The van der Waals surface area contributed by atoms with E-state index in [1.165, 1.54) is 98.7 Å². The van der Waals surface area contributed by atoms with E-state index >= 15 is 0 Å². The van der Waals surface area contributed by atoms with Crippen LogP contribution in [0.5, 0.6) is 0 Å². The molecule has 230 valence electrons. The molecule has 0 nitrogen and oxygen atoms in total. The molecule has 0 heteroatoms. The van der Waals surface area contributed by atoms with Crippen LogP contribution in [0.3, 0.4) is 0 Å². The Bertz CT molecular complexity index is 2580. The van der Waals surface area contributed by atoms with Crippen LogP contribution in [0.15, 0.2) is 140 Å². The number of rotatable bonds is 3. The minimum absolute atomic E-state index is 1.09. The third-order valence-corrected chi connectivity index (χ3v) is 10.5. The van der Waals surface area contributed by atoms with Crippen LogP contribution in [0.25, 0.3) is 82.5 Å². The Labute approximate surface area is 283 Å². The summed E-state index contributed by atoms with van der Waals surface area (Å²) < 4.78 is 0. The van der Waals surface area contributed by atoms with E-state index in [9.17, 15) is 0 Å². The van der Waals surface area contributed by atoms with E-state index in [2.05, 4.69) is 146 Å². The third kappa shape index (κ3) is 4.67. The molecular weight excluding hydrogens is 577 g/mol. The van der Waals surface area contributed by atoms with Gasteiger partial charge in [0.25, 0.3) is 0 Å². The summed E-state index contributed by atoms with van der Waals surface area (Å²) in [5.74, 6) is 0. The number of aryl methyl sites for hydroxylation is 2. The van der Waals surface area contributed by atoms with Gasteiger partial charge in [0, 0.05) is 0 Å². The molecule has 8 aromatic rings. The first kappa shape index (κ1) is 28.7. The molecule has 0 amide bonds. The molecule has 2 aliphatic rings. The van der Waals surface area contributed by atoms with Crippen LogP contribution in [0.1, 0.15) is 42.5 Å². The summed E-state index contributed by atoms with van der Waals surface area (Å²) >= 11 is 0. The van der Waals surface area contributed by atoms with Gasteiger partial charge >= 0.3 is 0 Å². The van der Waals surface area contributed by atoms with E-state index in [1.807, 2.05) is 13.8 Å². The first-order valence-electron chi connectivity index (χ1n) is 17.6. The second-order valence-electron chi connectivity index (χ2n) is 13.2. The summed E-state index contributed by atoms with van der Waals surface area (Å²) in [4.78, 5) is 0. The van der Waals surface area contributed by atoms with Crippen molar-refractivity contribution >= 4 is 49.2 Å². The van der Waals surface area contributed by atoms with Crippen LogP contribution < -0.4 is 0 Å². The average molecular weight is 615 g/mol. The zero-order chi connectivity index (χ0) is 32.2. The fourth-order valence-electron chi connectivity index (χ4n) is 8.27. The normalized spacial score (nSPS) is 13.2. The van der Waals surface area contributed by atoms with E-state index < -0.39 is 0 Å². The Morgan fingerprint density at radius 3 is 1.83 bits per heavy atom. The first-order valence-corrected chi connectivity index (χ1v) is 17.6. The second-order valence-corrected chi connectivity index (χ2v) is 13.2. The van der Waals surface area contributed by atoms with Crippen LogP contribution >= 0.6 is 0 Å². The Morgan fingerprint density at radius 2 is 1.04 bits per heavy atom. The molecular formula is C48H38. The molecule has 2 aliphatic carbocycles. The minimum atomic E-state index is 1.09. The van der Waals surface area contributed by atoms with E-state index in [0.717, 1.165) is 25.7 Å². The molecule has 0 spiro atoms. The molecule has 0 saturated carbocycles. The SMILES string of the molecule is C1=Cc2cc3c(cc4c5c(cccc53)CC4)c(-c3ccc4cc(-c5cccc(-c6ccc7ccccc7c6)c5)ccc4c3)c2CC1.CC. The van der Waals surface area contributed by atoms with Crippen molar-refractivity contribution in [3.63, 3.8) is 0 Å². The maximum Gasteiger partial charge on any atom is -0.00667 e. The number of benzene rings is 8. The van der Waals surface area contributed by atoms with E-state index in [1.54, 1.807) is 0 Å². The van der Waals surface area contributed by atoms with Crippen molar-refractivity contribution in [2.24, 2.45) is 0 Å². The predicted octanol–water partition coefficient (Wildman–Crippen LogP) is 13.4. The summed E-state index contributed by atoms with van der Waals surface area (Å²) in [6.45, 7) is 4.00. The predicted molar refractivity (Wildman–Crippen MR) is 209 cm³/mol. The van der Waals surface area contributed by atoms with Gasteiger partial charge in [-0.3, -0.25) is 0 Å². The summed E-state index contributed by atoms with van der Waals surface area (Å²) in [5, 5.41) is 10.8. The monoisotopic (exact) mass is 614 g/mol. The Morgan fingerprint density at radius 1 is 0.417 bits per heavy atom. The highest BCUT2D eigenvalue weighted by molar-refractivity contribution is 6.16. The quantitative estimate of drug-likeness (QED) is 0.174. The molecule has 0 N–H and O–H groups in total. The van der Waals surface area contributed by atoms with Gasteiger partial charge < -0.3 is 0 Å².